The van der Waals surface area contributed by atoms with Crippen molar-refractivity contribution in [1.29, 1.82) is 0 Å². The number of aryl methyl sites for hydroxylation is 1. The number of anilines is 2. The van der Waals surface area contributed by atoms with Crippen molar-refractivity contribution in [2.45, 2.75) is 52.7 Å². The molecule has 0 bridgehead atoms. The van der Waals surface area contributed by atoms with E-state index in [2.05, 4.69) is 11.9 Å². The van der Waals surface area contributed by atoms with Gasteiger partial charge >= 0.3 is 11.9 Å². The maximum atomic E-state index is 14.0. The van der Waals surface area contributed by atoms with Gasteiger partial charge in [-0.1, -0.05) is 18.7 Å². The van der Waals surface area contributed by atoms with Gasteiger partial charge in [0.1, 0.15) is 35.2 Å². The number of hydrogen-bond acceptors (Lipinski definition) is 8. The van der Waals surface area contributed by atoms with Gasteiger partial charge in [0, 0.05) is 42.3 Å². The summed E-state index contributed by atoms with van der Waals surface area (Å²) in [6.07, 6.45) is 0.344. The van der Waals surface area contributed by atoms with Gasteiger partial charge < -0.3 is 29.2 Å². The Labute approximate surface area is 256 Å². The molecule has 0 fully saturated rings. The summed E-state index contributed by atoms with van der Waals surface area (Å²) in [5.41, 5.74) is 3.66. The number of amides is 1. The van der Waals surface area contributed by atoms with Gasteiger partial charge in [-0.2, -0.15) is 0 Å². The van der Waals surface area contributed by atoms with Crippen LogP contribution in [0, 0.1) is 12.7 Å². The van der Waals surface area contributed by atoms with Crippen molar-refractivity contribution in [2.24, 2.45) is 0 Å². The summed E-state index contributed by atoms with van der Waals surface area (Å²) in [5, 5.41) is 3.32. The highest BCUT2D eigenvalue weighted by Crippen LogP contribution is 2.45. The van der Waals surface area contributed by atoms with Crippen LogP contribution in [0.2, 0.25) is 0 Å². The van der Waals surface area contributed by atoms with Crippen LogP contribution in [0.3, 0.4) is 0 Å². The summed E-state index contributed by atoms with van der Waals surface area (Å²) in [7, 11) is 3.22. The number of rotatable bonds is 11. The molecule has 44 heavy (non-hydrogen) atoms. The monoisotopic (exact) mass is 604 g/mol. The number of nitrogens with zero attached hydrogens (tertiary/aromatic N) is 1. The summed E-state index contributed by atoms with van der Waals surface area (Å²) in [4.78, 5) is 38.8. The van der Waals surface area contributed by atoms with E-state index in [0.717, 1.165) is 11.3 Å². The number of methoxy groups -OCH3 is 1. The Morgan fingerprint density at radius 3 is 2.48 bits per heavy atom. The van der Waals surface area contributed by atoms with Crippen LogP contribution in [0.1, 0.15) is 44.7 Å². The topological polar surface area (TPSA) is 103 Å². The molecule has 3 aromatic rings. The van der Waals surface area contributed by atoms with Gasteiger partial charge in [0.15, 0.2) is 0 Å². The summed E-state index contributed by atoms with van der Waals surface area (Å²) in [5.74, 6) is -0.469. The lowest BCUT2D eigenvalue weighted by atomic mass is 9.91. The third-order valence-electron chi connectivity index (χ3n) is 7.23. The van der Waals surface area contributed by atoms with Crippen LogP contribution in [0.15, 0.2) is 60.7 Å². The van der Waals surface area contributed by atoms with Gasteiger partial charge in [0.25, 0.3) is 5.91 Å². The van der Waals surface area contributed by atoms with Gasteiger partial charge in [0.05, 0.1) is 25.1 Å². The highest BCUT2D eigenvalue weighted by Gasteiger charge is 2.38. The van der Waals surface area contributed by atoms with Crippen LogP contribution in [-0.2, 0) is 25.7 Å². The zero-order valence-corrected chi connectivity index (χ0v) is 25.8. The molecule has 0 aliphatic carbocycles. The lowest BCUT2D eigenvalue weighted by molar-refractivity contribution is -0.141. The van der Waals surface area contributed by atoms with Crippen LogP contribution in [0.25, 0.3) is 11.1 Å². The molecule has 1 N–H and O–H groups in total. The Morgan fingerprint density at radius 1 is 1.05 bits per heavy atom. The first kappa shape index (κ1) is 32.1. The third-order valence-corrected chi connectivity index (χ3v) is 7.23. The number of benzene rings is 3. The molecule has 0 aromatic heterocycles. The van der Waals surface area contributed by atoms with Crippen molar-refractivity contribution >= 4 is 29.2 Å². The SMILES string of the molecule is C=C(C)C(=O)OCCCC(=O)Oc1ccc(-c2ccc3c(c2COc2cc(F)ccc2C)N(C)C(=O)C(C)(C)N3)c(OC)c1. The van der Waals surface area contributed by atoms with E-state index in [0.29, 0.717) is 40.3 Å². The number of esters is 2. The molecule has 0 atom stereocenters. The minimum atomic E-state index is -0.823. The first-order chi connectivity index (χ1) is 20.8. The van der Waals surface area contributed by atoms with E-state index >= 15 is 0 Å². The number of carbonyl (C=O) groups is 3. The lowest BCUT2D eigenvalue weighted by Crippen LogP contribution is -2.52. The van der Waals surface area contributed by atoms with Gasteiger partial charge in [0.2, 0.25) is 0 Å². The van der Waals surface area contributed by atoms with E-state index in [1.165, 1.54) is 19.2 Å². The molecular formula is C34H37FN2O7. The molecule has 0 spiro atoms. The predicted octanol–water partition coefficient (Wildman–Crippen LogP) is 6.36. The molecule has 0 saturated carbocycles. The maximum absolute atomic E-state index is 14.0. The molecule has 0 unspecified atom stereocenters. The largest absolute Gasteiger partial charge is 0.496 e. The Hall–Kier alpha value is -4.86. The van der Waals surface area contributed by atoms with Crippen molar-refractivity contribution < 1.29 is 37.7 Å². The van der Waals surface area contributed by atoms with E-state index in [1.807, 2.05) is 32.9 Å². The molecule has 1 aliphatic heterocycles. The highest BCUT2D eigenvalue weighted by molar-refractivity contribution is 6.08. The van der Waals surface area contributed by atoms with Crippen LogP contribution < -0.4 is 24.4 Å². The Balaban J connectivity index is 1.65. The standard InChI is InChI=1S/C34H37FN2O7/c1-20(2)32(39)42-16-8-9-30(38)44-23-12-13-25(29(18-23)41-7)24-14-15-27-31(37(6)33(40)34(4,5)36-27)26(24)19-43-28-17-22(35)11-10-21(28)3/h10-15,17-18,36H,1,8-9,16,19H2,2-7H3. The quantitative estimate of drug-likeness (QED) is 0.117. The smallest absolute Gasteiger partial charge is 0.333 e. The second-order valence-electron chi connectivity index (χ2n) is 11.2. The van der Waals surface area contributed by atoms with E-state index in [-0.39, 0.29) is 36.9 Å². The molecule has 232 valence electrons. The Bertz CT molecular complexity index is 1620. The summed E-state index contributed by atoms with van der Waals surface area (Å²) in [6.45, 7) is 10.6. The minimum Gasteiger partial charge on any atom is -0.496 e. The van der Waals surface area contributed by atoms with Crippen LogP contribution in [-0.4, -0.2) is 44.1 Å². The fourth-order valence-electron chi connectivity index (χ4n) is 4.95. The van der Waals surface area contributed by atoms with Crippen molar-refractivity contribution in [3.63, 3.8) is 0 Å². The predicted molar refractivity (Wildman–Crippen MR) is 166 cm³/mol. The van der Waals surface area contributed by atoms with Crippen LogP contribution in [0.5, 0.6) is 17.2 Å². The van der Waals surface area contributed by atoms with Crippen molar-refractivity contribution in [3.8, 4) is 28.4 Å². The molecule has 3 aromatic carbocycles. The van der Waals surface area contributed by atoms with Crippen molar-refractivity contribution in [3.05, 3.63) is 77.6 Å². The van der Waals surface area contributed by atoms with E-state index in [9.17, 15) is 18.8 Å². The summed E-state index contributed by atoms with van der Waals surface area (Å²) < 4.78 is 36.4. The molecule has 1 heterocycles. The molecule has 4 rings (SSSR count). The molecule has 1 aliphatic rings. The molecule has 0 radical (unpaired) electrons. The number of carbonyl (C=O) groups excluding carboxylic acids is 3. The van der Waals surface area contributed by atoms with Crippen LogP contribution >= 0.6 is 0 Å². The molecule has 1 amide bonds. The fourth-order valence-corrected chi connectivity index (χ4v) is 4.95. The van der Waals surface area contributed by atoms with Crippen molar-refractivity contribution in [2.75, 3.05) is 31.0 Å². The van der Waals surface area contributed by atoms with Gasteiger partial charge in [-0.25, -0.2) is 9.18 Å². The van der Waals surface area contributed by atoms with Gasteiger partial charge in [-0.15, -0.1) is 0 Å². The van der Waals surface area contributed by atoms with Crippen LogP contribution in [0.4, 0.5) is 15.8 Å². The second-order valence-corrected chi connectivity index (χ2v) is 11.2. The lowest BCUT2D eigenvalue weighted by Gasteiger charge is -2.39. The van der Waals surface area contributed by atoms with Gasteiger partial charge in [-0.3, -0.25) is 9.59 Å². The van der Waals surface area contributed by atoms with E-state index in [4.69, 9.17) is 18.9 Å². The fraction of sp³-hybridized carbons (Fsp3) is 0.324. The number of hydrogen-bond donors (Lipinski definition) is 1. The number of nitrogens with one attached hydrogen (secondary N) is 1. The van der Waals surface area contributed by atoms with E-state index in [1.54, 1.807) is 43.1 Å². The first-order valence-electron chi connectivity index (χ1n) is 14.1. The highest BCUT2D eigenvalue weighted by atomic mass is 19.1. The normalized spacial score (nSPS) is 13.4. The minimum absolute atomic E-state index is 0.0262. The number of halogens is 1. The zero-order chi connectivity index (χ0) is 32.2. The number of likely N-dealkylation sites (N-methyl/N-ethyl adjacent to an activating group) is 1. The zero-order valence-electron chi connectivity index (χ0n) is 25.8. The van der Waals surface area contributed by atoms with Gasteiger partial charge in [-0.05, 0) is 69.5 Å². The Morgan fingerprint density at radius 2 is 1.77 bits per heavy atom. The first-order valence-corrected chi connectivity index (χ1v) is 14.1. The average molecular weight is 605 g/mol. The molecule has 0 saturated heterocycles. The third kappa shape index (κ3) is 7.02. The summed E-state index contributed by atoms with van der Waals surface area (Å²) in [6, 6.07) is 13.1. The summed E-state index contributed by atoms with van der Waals surface area (Å²) >= 11 is 0. The van der Waals surface area contributed by atoms with E-state index < -0.39 is 23.3 Å². The molecule has 9 nitrogen and oxygen atoms in total. The number of fused-ring (bicyclic) bond motifs is 1. The number of ether oxygens (including phenoxy) is 4. The van der Waals surface area contributed by atoms with Crippen molar-refractivity contribution in [1.82, 2.24) is 0 Å². The maximum Gasteiger partial charge on any atom is 0.333 e. The Kier molecular flexibility index (Phi) is 9.62. The molecular weight excluding hydrogens is 567 g/mol. The second kappa shape index (κ2) is 13.2. The average Bonchev–Trinajstić information content (AvgIpc) is 2.98. The molecule has 10 heteroatoms.